The largest absolute Gasteiger partial charge is 0.369 e. The van der Waals surface area contributed by atoms with Crippen LogP contribution in [0.5, 0.6) is 0 Å². The first-order chi connectivity index (χ1) is 12.3. The van der Waals surface area contributed by atoms with Crippen LogP contribution in [0.2, 0.25) is 0 Å². The Morgan fingerprint density at radius 1 is 1.16 bits per heavy atom. The third kappa shape index (κ3) is 4.75. The lowest BCUT2D eigenvalue weighted by molar-refractivity contribution is 0.0896. The normalized spacial score (nSPS) is 18.6. The van der Waals surface area contributed by atoms with Gasteiger partial charge in [-0.3, -0.25) is 4.90 Å². The second kappa shape index (κ2) is 8.56. The first kappa shape index (κ1) is 17.3. The lowest BCUT2D eigenvalue weighted by Gasteiger charge is -2.40. The summed E-state index contributed by atoms with van der Waals surface area (Å²) in [6.07, 6.45) is 1.04. The van der Waals surface area contributed by atoms with Crippen LogP contribution < -0.4 is 5.32 Å². The van der Waals surface area contributed by atoms with Crippen molar-refractivity contribution in [3.05, 3.63) is 53.7 Å². The highest BCUT2D eigenvalue weighted by Gasteiger charge is 2.25. The van der Waals surface area contributed by atoms with Gasteiger partial charge in [-0.2, -0.15) is 5.26 Å². The number of aromatic nitrogens is 2. The highest BCUT2D eigenvalue weighted by molar-refractivity contribution is 5.35. The van der Waals surface area contributed by atoms with Crippen LogP contribution in [-0.2, 0) is 0 Å². The Kier molecular flexibility index (Phi) is 5.94. The van der Waals surface area contributed by atoms with Crippen molar-refractivity contribution in [1.82, 2.24) is 20.0 Å². The van der Waals surface area contributed by atoms with Crippen LogP contribution in [0, 0.1) is 11.3 Å². The number of likely N-dealkylation sites (N-methyl/N-ethyl adjacent to an activating group) is 1. The SMILES string of the molecule is CN1CCN(CCCNc2ccc(C#N)nn2)C(c2ccccc2)C1. The minimum Gasteiger partial charge on any atom is -0.369 e. The second-order valence-electron chi connectivity index (χ2n) is 6.42. The van der Waals surface area contributed by atoms with E-state index in [2.05, 4.69) is 62.7 Å². The summed E-state index contributed by atoms with van der Waals surface area (Å²) in [7, 11) is 2.19. The van der Waals surface area contributed by atoms with Gasteiger partial charge in [-0.1, -0.05) is 30.3 Å². The first-order valence-corrected chi connectivity index (χ1v) is 8.71. The van der Waals surface area contributed by atoms with Crippen molar-refractivity contribution in [1.29, 1.82) is 5.26 Å². The van der Waals surface area contributed by atoms with Gasteiger partial charge in [0.1, 0.15) is 11.9 Å². The number of piperazine rings is 1. The Morgan fingerprint density at radius 2 is 2.00 bits per heavy atom. The van der Waals surface area contributed by atoms with Crippen LogP contribution >= 0.6 is 0 Å². The molecule has 1 fully saturated rings. The van der Waals surface area contributed by atoms with Gasteiger partial charge < -0.3 is 10.2 Å². The number of hydrogen-bond donors (Lipinski definition) is 1. The van der Waals surface area contributed by atoms with Gasteiger partial charge in [0, 0.05) is 38.8 Å². The maximum Gasteiger partial charge on any atom is 0.163 e. The maximum absolute atomic E-state index is 8.74. The standard InChI is InChI=1S/C19H24N6/c1-24-12-13-25(18(15-24)16-6-3-2-4-7-16)11-5-10-21-19-9-8-17(14-20)22-23-19/h2-4,6-9,18H,5,10-13,15H2,1H3,(H,21,23). The Balaban J connectivity index is 1.51. The Bertz CT molecular complexity index is 694. The average Bonchev–Trinajstić information content (AvgIpc) is 2.67. The molecule has 1 aliphatic rings. The van der Waals surface area contributed by atoms with E-state index in [4.69, 9.17) is 5.26 Å². The zero-order chi connectivity index (χ0) is 17.5. The summed E-state index contributed by atoms with van der Waals surface area (Å²) in [5, 5.41) is 19.9. The molecule has 1 N–H and O–H groups in total. The number of anilines is 1. The van der Waals surface area contributed by atoms with E-state index in [0.29, 0.717) is 11.7 Å². The predicted molar refractivity (Wildman–Crippen MR) is 98.1 cm³/mol. The van der Waals surface area contributed by atoms with E-state index in [9.17, 15) is 0 Å². The molecule has 1 atom stereocenters. The zero-order valence-electron chi connectivity index (χ0n) is 14.6. The van der Waals surface area contributed by atoms with E-state index in [1.54, 1.807) is 12.1 Å². The molecular formula is C19H24N6. The molecule has 1 aliphatic heterocycles. The molecule has 3 rings (SSSR count). The van der Waals surface area contributed by atoms with Gasteiger partial charge in [0.15, 0.2) is 5.69 Å². The topological polar surface area (TPSA) is 68.1 Å². The molecule has 6 heteroatoms. The van der Waals surface area contributed by atoms with Gasteiger partial charge in [-0.15, -0.1) is 10.2 Å². The minimum absolute atomic E-state index is 0.341. The Hall–Kier alpha value is -2.49. The number of nitrogens with one attached hydrogen (secondary N) is 1. The van der Waals surface area contributed by atoms with Crippen molar-refractivity contribution < 1.29 is 0 Å². The summed E-state index contributed by atoms with van der Waals surface area (Å²) in [4.78, 5) is 4.97. The summed E-state index contributed by atoms with van der Waals surface area (Å²) in [5.74, 6) is 0.719. The quantitative estimate of drug-likeness (QED) is 0.815. The molecule has 25 heavy (non-hydrogen) atoms. The van der Waals surface area contributed by atoms with Gasteiger partial charge in [-0.25, -0.2) is 0 Å². The highest BCUT2D eigenvalue weighted by Crippen LogP contribution is 2.24. The second-order valence-corrected chi connectivity index (χ2v) is 6.42. The van der Waals surface area contributed by atoms with Gasteiger partial charge in [0.25, 0.3) is 0 Å². The molecule has 2 heterocycles. The van der Waals surface area contributed by atoms with E-state index in [1.807, 2.05) is 6.07 Å². The molecule has 2 aromatic rings. The van der Waals surface area contributed by atoms with E-state index >= 15 is 0 Å². The molecule has 0 radical (unpaired) electrons. The molecule has 0 saturated carbocycles. The van der Waals surface area contributed by atoms with Crippen LogP contribution in [0.1, 0.15) is 23.7 Å². The van der Waals surface area contributed by atoms with Gasteiger partial charge in [0.2, 0.25) is 0 Å². The molecule has 0 amide bonds. The van der Waals surface area contributed by atoms with E-state index < -0.39 is 0 Å². The number of benzene rings is 1. The summed E-state index contributed by atoms with van der Waals surface area (Å²) < 4.78 is 0. The fourth-order valence-corrected chi connectivity index (χ4v) is 3.20. The van der Waals surface area contributed by atoms with E-state index in [-0.39, 0.29) is 0 Å². The molecule has 130 valence electrons. The monoisotopic (exact) mass is 336 g/mol. The first-order valence-electron chi connectivity index (χ1n) is 8.71. The summed E-state index contributed by atoms with van der Waals surface area (Å²) in [6, 6.07) is 16.7. The third-order valence-electron chi connectivity index (χ3n) is 4.59. The number of nitrogens with zero attached hydrogens (tertiary/aromatic N) is 5. The molecule has 1 unspecified atom stereocenters. The maximum atomic E-state index is 8.74. The molecular weight excluding hydrogens is 312 g/mol. The molecule has 1 aromatic heterocycles. The minimum atomic E-state index is 0.341. The molecule has 0 bridgehead atoms. The summed E-state index contributed by atoms with van der Waals surface area (Å²) in [5.41, 5.74) is 1.73. The van der Waals surface area contributed by atoms with E-state index in [0.717, 1.165) is 45.0 Å². The Labute approximate surface area is 149 Å². The van der Waals surface area contributed by atoms with Crippen molar-refractivity contribution in [2.45, 2.75) is 12.5 Å². The summed E-state index contributed by atoms with van der Waals surface area (Å²) in [6.45, 7) is 5.15. The predicted octanol–water partition coefficient (Wildman–Crippen LogP) is 2.14. The van der Waals surface area contributed by atoms with Crippen molar-refractivity contribution in [2.24, 2.45) is 0 Å². The van der Waals surface area contributed by atoms with Crippen molar-refractivity contribution >= 4 is 5.82 Å². The van der Waals surface area contributed by atoms with E-state index in [1.165, 1.54) is 5.56 Å². The third-order valence-corrected chi connectivity index (χ3v) is 4.59. The van der Waals surface area contributed by atoms with Gasteiger partial charge >= 0.3 is 0 Å². The highest BCUT2D eigenvalue weighted by atomic mass is 15.3. The van der Waals surface area contributed by atoms with Crippen molar-refractivity contribution in [2.75, 3.05) is 45.1 Å². The molecule has 1 aromatic carbocycles. The number of nitriles is 1. The van der Waals surface area contributed by atoms with Crippen molar-refractivity contribution in [3.8, 4) is 6.07 Å². The van der Waals surface area contributed by atoms with Crippen molar-refractivity contribution in [3.63, 3.8) is 0 Å². The van der Waals surface area contributed by atoms with Crippen LogP contribution in [-0.4, -0.2) is 59.8 Å². The molecule has 0 aliphatic carbocycles. The number of rotatable bonds is 6. The lowest BCUT2D eigenvalue weighted by Crippen LogP contribution is -2.47. The van der Waals surface area contributed by atoms with Crippen LogP contribution in [0.15, 0.2) is 42.5 Å². The number of hydrogen-bond acceptors (Lipinski definition) is 6. The van der Waals surface area contributed by atoms with Gasteiger partial charge in [0.05, 0.1) is 0 Å². The fraction of sp³-hybridized carbons (Fsp3) is 0.421. The Morgan fingerprint density at radius 3 is 2.72 bits per heavy atom. The zero-order valence-corrected chi connectivity index (χ0v) is 14.6. The van der Waals surface area contributed by atoms with Crippen LogP contribution in [0.3, 0.4) is 0 Å². The van der Waals surface area contributed by atoms with Crippen LogP contribution in [0.25, 0.3) is 0 Å². The molecule has 6 nitrogen and oxygen atoms in total. The molecule has 1 saturated heterocycles. The molecule has 0 spiro atoms. The lowest BCUT2D eigenvalue weighted by atomic mass is 10.0. The average molecular weight is 336 g/mol. The van der Waals surface area contributed by atoms with Gasteiger partial charge in [-0.05, 0) is 31.2 Å². The fourth-order valence-electron chi connectivity index (χ4n) is 3.20. The smallest absolute Gasteiger partial charge is 0.163 e. The van der Waals surface area contributed by atoms with Crippen LogP contribution in [0.4, 0.5) is 5.82 Å². The summed E-state index contributed by atoms with van der Waals surface area (Å²) >= 11 is 0.